The Labute approximate surface area is 91.0 Å². The van der Waals surface area contributed by atoms with E-state index in [0.717, 1.165) is 0 Å². The second-order valence-electron chi connectivity index (χ2n) is 4.15. The van der Waals surface area contributed by atoms with Gasteiger partial charge in [-0.15, -0.1) is 0 Å². The molecule has 0 saturated carbocycles. The fourth-order valence-corrected chi connectivity index (χ4v) is 2.23. The Bertz CT molecular complexity index is 380. The fraction of sp³-hybridized carbons (Fsp3) is 0.462. The van der Waals surface area contributed by atoms with Gasteiger partial charge in [-0.05, 0) is 37.5 Å². The van der Waals surface area contributed by atoms with Crippen LogP contribution in [0.2, 0.25) is 0 Å². The molecule has 0 amide bonds. The molecule has 2 heteroatoms. The molecule has 1 aromatic carbocycles. The third-order valence-electron chi connectivity index (χ3n) is 2.66. The molecule has 80 valence electrons. The van der Waals surface area contributed by atoms with Crippen LogP contribution in [0.5, 0.6) is 0 Å². The van der Waals surface area contributed by atoms with Gasteiger partial charge in [-0.2, -0.15) is 0 Å². The predicted octanol–water partition coefficient (Wildman–Crippen LogP) is 3.05. The second-order valence-corrected chi connectivity index (χ2v) is 4.15. The highest BCUT2D eigenvalue weighted by Gasteiger charge is 2.11. The van der Waals surface area contributed by atoms with E-state index in [2.05, 4.69) is 44.8 Å². The largest absolute Gasteiger partial charge is 0.234 e. The van der Waals surface area contributed by atoms with Crippen LogP contribution in [0.25, 0.3) is 0 Å². The molecule has 2 nitrogen and oxygen atoms in total. The molecule has 0 aliphatic rings. The van der Waals surface area contributed by atoms with Crippen LogP contribution in [-0.4, -0.2) is 12.6 Å². The van der Waals surface area contributed by atoms with Crippen molar-refractivity contribution in [2.75, 3.05) is 6.54 Å². The summed E-state index contributed by atoms with van der Waals surface area (Å²) in [6.07, 6.45) is 1.59. The highest BCUT2D eigenvalue weighted by atomic mass is 16.1. The lowest BCUT2D eigenvalue weighted by Gasteiger charge is -2.16. The molecule has 0 aliphatic heterocycles. The third-order valence-corrected chi connectivity index (χ3v) is 2.66. The van der Waals surface area contributed by atoms with E-state index in [0.29, 0.717) is 6.54 Å². The molecule has 0 N–H and O–H groups in total. The van der Waals surface area contributed by atoms with Crippen molar-refractivity contribution in [2.45, 2.75) is 33.6 Å². The summed E-state index contributed by atoms with van der Waals surface area (Å²) in [5, 5.41) is 0. The van der Waals surface area contributed by atoms with Gasteiger partial charge < -0.3 is 0 Å². The van der Waals surface area contributed by atoms with Gasteiger partial charge in [0, 0.05) is 5.92 Å². The van der Waals surface area contributed by atoms with Gasteiger partial charge in [0.05, 0.1) is 6.54 Å². The zero-order valence-electron chi connectivity index (χ0n) is 9.79. The zero-order valence-corrected chi connectivity index (χ0v) is 9.79. The summed E-state index contributed by atoms with van der Waals surface area (Å²) in [4.78, 5) is 13.7. The SMILES string of the molecule is Cc1cc(C)c(C(C)CN=C=O)c(C)c1. The molecule has 0 spiro atoms. The minimum atomic E-state index is 0.284. The lowest BCUT2D eigenvalue weighted by Crippen LogP contribution is -2.03. The summed E-state index contributed by atoms with van der Waals surface area (Å²) >= 11 is 0. The maximum absolute atomic E-state index is 10.1. The van der Waals surface area contributed by atoms with Crippen molar-refractivity contribution in [1.82, 2.24) is 0 Å². The molecule has 1 unspecified atom stereocenters. The van der Waals surface area contributed by atoms with E-state index in [9.17, 15) is 4.79 Å². The summed E-state index contributed by atoms with van der Waals surface area (Å²) < 4.78 is 0. The molecule has 1 atom stereocenters. The van der Waals surface area contributed by atoms with E-state index in [1.54, 1.807) is 6.08 Å². The van der Waals surface area contributed by atoms with Crippen molar-refractivity contribution in [3.05, 3.63) is 34.4 Å². The molecule has 0 radical (unpaired) electrons. The van der Waals surface area contributed by atoms with Crippen molar-refractivity contribution in [3.63, 3.8) is 0 Å². The Morgan fingerprint density at radius 2 is 1.80 bits per heavy atom. The average molecular weight is 203 g/mol. The van der Waals surface area contributed by atoms with Crippen LogP contribution in [0.1, 0.15) is 35.1 Å². The van der Waals surface area contributed by atoms with E-state index < -0.39 is 0 Å². The first-order valence-electron chi connectivity index (χ1n) is 5.17. The van der Waals surface area contributed by atoms with Crippen molar-refractivity contribution >= 4 is 6.08 Å². The van der Waals surface area contributed by atoms with Gasteiger partial charge in [-0.25, -0.2) is 9.79 Å². The number of hydrogen-bond acceptors (Lipinski definition) is 2. The topological polar surface area (TPSA) is 29.4 Å². The number of isocyanates is 1. The van der Waals surface area contributed by atoms with Crippen LogP contribution in [-0.2, 0) is 4.79 Å². The van der Waals surface area contributed by atoms with Gasteiger partial charge in [-0.3, -0.25) is 0 Å². The monoisotopic (exact) mass is 203 g/mol. The molecule has 15 heavy (non-hydrogen) atoms. The Balaban J connectivity index is 3.07. The fourth-order valence-electron chi connectivity index (χ4n) is 2.23. The molecule has 0 aliphatic carbocycles. The molecule has 0 fully saturated rings. The Morgan fingerprint density at radius 3 is 2.27 bits per heavy atom. The van der Waals surface area contributed by atoms with Gasteiger partial charge in [0.15, 0.2) is 0 Å². The van der Waals surface area contributed by atoms with Crippen LogP contribution in [0.15, 0.2) is 17.1 Å². The number of aryl methyl sites for hydroxylation is 3. The first kappa shape index (κ1) is 11.7. The van der Waals surface area contributed by atoms with Crippen LogP contribution in [0.4, 0.5) is 0 Å². The lowest BCUT2D eigenvalue weighted by atomic mass is 9.90. The minimum Gasteiger partial charge on any atom is -0.211 e. The van der Waals surface area contributed by atoms with Crippen molar-refractivity contribution in [3.8, 4) is 0 Å². The summed E-state index contributed by atoms with van der Waals surface area (Å²) in [5.41, 5.74) is 5.14. The van der Waals surface area contributed by atoms with Gasteiger partial charge in [0.25, 0.3) is 0 Å². The average Bonchev–Trinajstić information content (AvgIpc) is 2.12. The molecule has 1 aromatic rings. The smallest absolute Gasteiger partial charge is 0.211 e. The molecule has 1 rings (SSSR count). The Hall–Kier alpha value is -1.40. The molecular formula is C13H17NO. The van der Waals surface area contributed by atoms with Crippen LogP contribution in [0.3, 0.4) is 0 Å². The van der Waals surface area contributed by atoms with Crippen LogP contribution >= 0.6 is 0 Å². The van der Waals surface area contributed by atoms with Crippen molar-refractivity contribution in [2.24, 2.45) is 4.99 Å². The van der Waals surface area contributed by atoms with E-state index >= 15 is 0 Å². The summed E-state index contributed by atoms with van der Waals surface area (Å²) in [6.45, 7) is 8.92. The maximum Gasteiger partial charge on any atom is 0.234 e. The van der Waals surface area contributed by atoms with Crippen molar-refractivity contribution in [1.29, 1.82) is 0 Å². The van der Waals surface area contributed by atoms with E-state index in [-0.39, 0.29) is 5.92 Å². The van der Waals surface area contributed by atoms with Crippen molar-refractivity contribution < 1.29 is 4.79 Å². The predicted molar refractivity (Wildman–Crippen MR) is 62.1 cm³/mol. The molecule has 0 aromatic heterocycles. The molecule has 0 saturated heterocycles. The highest BCUT2D eigenvalue weighted by molar-refractivity contribution is 5.40. The van der Waals surface area contributed by atoms with E-state index in [1.165, 1.54) is 22.3 Å². The third kappa shape index (κ3) is 2.77. The van der Waals surface area contributed by atoms with E-state index in [4.69, 9.17) is 0 Å². The molecular weight excluding hydrogens is 186 g/mol. The van der Waals surface area contributed by atoms with Gasteiger partial charge in [0.2, 0.25) is 6.08 Å². The molecule has 0 heterocycles. The van der Waals surface area contributed by atoms with Gasteiger partial charge in [-0.1, -0.05) is 24.6 Å². The first-order valence-corrected chi connectivity index (χ1v) is 5.17. The van der Waals surface area contributed by atoms with Gasteiger partial charge >= 0.3 is 0 Å². The van der Waals surface area contributed by atoms with Crippen LogP contribution < -0.4 is 0 Å². The number of aliphatic imine (C=N–C) groups is 1. The normalized spacial score (nSPS) is 12.0. The van der Waals surface area contributed by atoms with Gasteiger partial charge in [0.1, 0.15) is 0 Å². The van der Waals surface area contributed by atoms with Crippen LogP contribution in [0, 0.1) is 20.8 Å². The number of carbonyl (C=O) groups excluding carboxylic acids is 1. The summed E-state index contributed by atoms with van der Waals surface area (Å²) in [5.74, 6) is 0.284. The second kappa shape index (κ2) is 4.90. The highest BCUT2D eigenvalue weighted by Crippen LogP contribution is 2.24. The maximum atomic E-state index is 10.1. The Morgan fingerprint density at radius 1 is 1.27 bits per heavy atom. The number of nitrogens with zero attached hydrogens (tertiary/aromatic N) is 1. The standard InChI is InChI=1S/C13H17NO/c1-9-5-10(2)13(11(3)6-9)12(4)7-14-8-15/h5-6,12H,7H2,1-4H3. The number of rotatable bonds is 3. The first-order chi connectivity index (χ1) is 7.06. The zero-order chi connectivity index (χ0) is 11.4. The minimum absolute atomic E-state index is 0.284. The quantitative estimate of drug-likeness (QED) is 0.548. The van der Waals surface area contributed by atoms with E-state index in [1.807, 2.05) is 0 Å². The molecule has 0 bridgehead atoms. The number of benzene rings is 1. The lowest BCUT2D eigenvalue weighted by molar-refractivity contribution is 0.561. The summed E-state index contributed by atoms with van der Waals surface area (Å²) in [7, 11) is 0. The number of hydrogen-bond donors (Lipinski definition) is 0. The summed E-state index contributed by atoms with van der Waals surface area (Å²) in [6, 6.07) is 4.34. The Kier molecular flexibility index (Phi) is 3.81.